The summed E-state index contributed by atoms with van der Waals surface area (Å²) in [5.74, 6) is -1.47. The molecule has 1 unspecified atom stereocenters. The molecule has 0 spiro atoms. The molecule has 0 radical (unpaired) electrons. The maximum absolute atomic E-state index is 12.8. The first-order valence-corrected chi connectivity index (χ1v) is 12.0. The summed E-state index contributed by atoms with van der Waals surface area (Å²) in [5.41, 5.74) is 4.58. The van der Waals surface area contributed by atoms with Gasteiger partial charge in [-0.1, -0.05) is 61.9 Å². The number of ether oxygens (including phenoxy) is 1. The van der Waals surface area contributed by atoms with E-state index >= 15 is 0 Å². The summed E-state index contributed by atoms with van der Waals surface area (Å²) in [6, 6.07) is 15.2. The summed E-state index contributed by atoms with van der Waals surface area (Å²) in [6.45, 7) is 2.78. The van der Waals surface area contributed by atoms with Crippen molar-refractivity contribution in [1.29, 1.82) is 0 Å². The third kappa shape index (κ3) is 5.08. The molecule has 2 aromatic rings. The Morgan fingerprint density at radius 2 is 1.68 bits per heavy atom. The molecule has 0 saturated heterocycles. The number of hydrogen-bond donors (Lipinski definition) is 3. The molecule has 3 N–H and O–H groups in total. The van der Waals surface area contributed by atoms with Crippen LogP contribution < -0.4 is 10.6 Å². The first kappa shape index (κ1) is 23.8. The second kappa shape index (κ2) is 10.3. The van der Waals surface area contributed by atoms with Crippen molar-refractivity contribution in [3.05, 3.63) is 59.7 Å². The Hall–Kier alpha value is -3.35. The largest absolute Gasteiger partial charge is 0.481 e. The molecule has 0 bridgehead atoms. The van der Waals surface area contributed by atoms with Crippen molar-refractivity contribution in [2.45, 2.75) is 57.4 Å². The van der Waals surface area contributed by atoms with Gasteiger partial charge in [0.1, 0.15) is 12.6 Å². The molecule has 1 fully saturated rings. The van der Waals surface area contributed by atoms with E-state index in [4.69, 9.17) is 9.84 Å². The quantitative estimate of drug-likeness (QED) is 0.482. The minimum atomic E-state index is -1.02. The van der Waals surface area contributed by atoms with Gasteiger partial charge >= 0.3 is 12.1 Å². The third-order valence-corrected chi connectivity index (χ3v) is 7.40. The number of carboxylic acid groups (broad SMARTS) is 1. The molecular formula is C27H32N2O5. The van der Waals surface area contributed by atoms with Crippen molar-refractivity contribution in [3.63, 3.8) is 0 Å². The molecule has 0 heterocycles. The zero-order valence-corrected chi connectivity index (χ0v) is 19.5. The van der Waals surface area contributed by atoms with Crippen molar-refractivity contribution in [2.24, 2.45) is 5.41 Å². The molecule has 1 saturated carbocycles. The molecule has 2 aliphatic carbocycles. The zero-order chi connectivity index (χ0) is 24.1. The number of hydrogen-bond acceptors (Lipinski definition) is 4. The normalized spacial score (nSPS) is 16.5. The highest BCUT2D eigenvalue weighted by Gasteiger charge is 2.36. The van der Waals surface area contributed by atoms with Gasteiger partial charge in [-0.25, -0.2) is 4.79 Å². The molecule has 7 heteroatoms. The number of carbonyl (C=O) groups excluding carboxylic acids is 2. The van der Waals surface area contributed by atoms with E-state index in [0.29, 0.717) is 6.54 Å². The summed E-state index contributed by atoms with van der Waals surface area (Å²) in [4.78, 5) is 36.5. The fraction of sp³-hybridized carbons (Fsp3) is 0.444. The van der Waals surface area contributed by atoms with Gasteiger partial charge in [0.05, 0.1) is 0 Å². The lowest BCUT2D eigenvalue weighted by Crippen LogP contribution is -2.50. The number of carboxylic acids is 1. The minimum Gasteiger partial charge on any atom is -0.481 e. The van der Waals surface area contributed by atoms with Crippen LogP contribution in [0, 0.1) is 5.41 Å². The van der Waals surface area contributed by atoms with Crippen LogP contribution in [0.2, 0.25) is 0 Å². The van der Waals surface area contributed by atoms with Gasteiger partial charge in [-0.05, 0) is 53.4 Å². The topological polar surface area (TPSA) is 105 Å². The van der Waals surface area contributed by atoms with Crippen LogP contribution in [0.5, 0.6) is 0 Å². The summed E-state index contributed by atoms with van der Waals surface area (Å²) < 4.78 is 5.55. The van der Waals surface area contributed by atoms with Gasteiger partial charge in [-0.3, -0.25) is 9.59 Å². The fourth-order valence-electron chi connectivity index (χ4n) is 5.05. The Morgan fingerprint density at radius 3 is 2.21 bits per heavy atom. The van der Waals surface area contributed by atoms with Crippen molar-refractivity contribution < 1.29 is 24.2 Å². The van der Waals surface area contributed by atoms with Gasteiger partial charge in [0.2, 0.25) is 5.91 Å². The molecule has 7 nitrogen and oxygen atoms in total. The smallest absolute Gasteiger partial charge is 0.407 e. The standard InChI is InChI=1S/C27H32N2O5/c1-2-27(14-7-15-27)17-28-25(32)23(12-13-24(30)31)29-26(33)34-16-22-20-10-5-3-8-18(20)19-9-4-6-11-21(19)22/h3-6,8-11,22-23H,2,7,12-17H2,1H3,(H,28,32)(H,29,33)(H,30,31). The summed E-state index contributed by atoms with van der Waals surface area (Å²) >= 11 is 0. The van der Waals surface area contributed by atoms with Crippen LogP contribution in [0.15, 0.2) is 48.5 Å². The van der Waals surface area contributed by atoms with Crippen LogP contribution in [0.25, 0.3) is 11.1 Å². The van der Waals surface area contributed by atoms with Gasteiger partial charge in [0.15, 0.2) is 0 Å². The van der Waals surface area contributed by atoms with Crippen LogP contribution in [-0.2, 0) is 14.3 Å². The molecule has 0 aliphatic heterocycles. The minimum absolute atomic E-state index is 0.00445. The Balaban J connectivity index is 1.38. The molecular weight excluding hydrogens is 432 g/mol. The zero-order valence-electron chi connectivity index (χ0n) is 19.5. The Bertz CT molecular complexity index is 1010. The summed E-state index contributed by atoms with van der Waals surface area (Å²) in [7, 11) is 0. The van der Waals surface area contributed by atoms with Crippen molar-refractivity contribution in [2.75, 3.05) is 13.2 Å². The number of alkyl carbamates (subject to hydrolysis) is 1. The number of fused-ring (bicyclic) bond motifs is 3. The highest BCUT2D eigenvalue weighted by molar-refractivity contribution is 5.86. The molecule has 1 atom stereocenters. The van der Waals surface area contributed by atoms with Gasteiger partial charge in [0.25, 0.3) is 0 Å². The lowest BCUT2D eigenvalue weighted by molar-refractivity contribution is -0.137. The average molecular weight is 465 g/mol. The molecule has 180 valence electrons. The number of rotatable bonds is 10. The molecule has 4 rings (SSSR count). The second-order valence-electron chi connectivity index (χ2n) is 9.38. The van der Waals surface area contributed by atoms with E-state index in [1.54, 1.807) is 0 Å². The molecule has 2 aliphatic rings. The fourth-order valence-corrected chi connectivity index (χ4v) is 5.05. The number of carbonyl (C=O) groups is 3. The van der Waals surface area contributed by atoms with E-state index in [-0.39, 0.29) is 36.7 Å². The van der Waals surface area contributed by atoms with Crippen LogP contribution in [0.4, 0.5) is 4.79 Å². The Kier molecular flexibility index (Phi) is 7.20. The average Bonchev–Trinajstić information content (AvgIpc) is 3.13. The van der Waals surface area contributed by atoms with E-state index in [2.05, 4.69) is 29.7 Å². The van der Waals surface area contributed by atoms with E-state index in [9.17, 15) is 14.4 Å². The molecule has 2 amide bonds. The highest BCUT2D eigenvalue weighted by atomic mass is 16.5. The second-order valence-corrected chi connectivity index (χ2v) is 9.38. The number of nitrogens with one attached hydrogen (secondary N) is 2. The summed E-state index contributed by atoms with van der Waals surface area (Å²) in [5, 5.41) is 14.6. The van der Waals surface area contributed by atoms with Crippen LogP contribution >= 0.6 is 0 Å². The van der Waals surface area contributed by atoms with E-state index in [0.717, 1.165) is 47.9 Å². The number of benzene rings is 2. The van der Waals surface area contributed by atoms with Crippen molar-refractivity contribution in [1.82, 2.24) is 10.6 Å². The van der Waals surface area contributed by atoms with Crippen LogP contribution in [0.1, 0.15) is 62.5 Å². The van der Waals surface area contributed by atoms with E-state index in [1.165, 1.54) is 0 Å². The number of amides is 2. The molecule has 0 aromatic heterocycles. The van der Waals surface area contributed by atoms with Gasteiger partial charge in [0, 0.05) is 18.9 Å². The first-order valence-electron chi connectivity index (χ1n) is 12.0. The maximum atomic E-state index is 12.8. The monoisotopic (exact) mass is 464 g/mol. The van der Waals surface area contributed by atoms with Crippen molar-refractivity contribution >= 4 is 18.0 Å². The van der Waals surface area contributed by atoms with Gasteiger partial charge < -0.3 is 20.5 Å². The van der Waals surface area contributed by atoms with Gasteiger partial charge in [-0.15, -0.1) is 0 Å². The van der Waals surface area contributed by atoms with E-state index in [1.807, 2.05) is 36.4 Å². The SMILES string of the molecule is CCC1(CNC(=O)C(CCC(=O)O)NC(=O)OCC2c3ccccc3-c3ccccc32)CCC1. The van der Waals surface area contributed by atoms with Gasteiger partial charge in [-0.2, -0.15) is 0 Å². The summed E-state index contributed by atoms with van der Waals surface area (Å²) in [6.07, 6.45) is 3.34. The third-order valence-electron chi connectivity index (χ3n) is 7.40. The van der Waals surface area contributed by atoms with Crippen LogP contribution in [0.3, 0.4) is 0 Å². The van der Waals surface area contributed by atoms with Crippen molar-refractivity contribution in [3.8, 4) is 11.1 Å². The Morgan fingerprint density at radius 1 is 1.06 bits per heavy atom. The lowest BCUT2D eigenvalue weighted by atomic mass is 9.67. The number of aliphatic carboxylic acids is 1. The maximum Gasteiger partial charge on any atom is 0.407 e. The Labute approximate surface area is 199 Å². The van der Waals surface area contributed by atoms with Crippen LogP contribution in [-0.4, -0.2) is 42.3 Å². The lowest BCUT2D eigenvalue weighted by Gasteiger charge is -2.41. The highest BCUT2D eigenvalue weighted by Crippen LogP contribution is 2.44. The molecule has 34 heavy (non-hydrogen) atoms. The first-order chi connectivity index (χ1) is 16.4. The van der Waals surface area contributed by atoms with E-state index < -0.39 is 18.1 Å². The predicted octanol–water partition coefficient (Wildman–Crippen LogP) is 4.46. The predicted molar refractivity (Wildman–Crippen MR) is 128 cm³/mol. The molecule has 2 aromatic carbocycles.